The van der Waals surface area contributed by atoms with Crippen LogP contribution in [0.2, 0.25) is 0 Å². The maximum atomic E-state index is 12.7. The SMILES string of the molecule is Cc1nccnc1C(=O)N1CCC(C(=O)O)c2ccccc21. The zero-order valence-corrected chi connectivity index (χ0v) is 12.1. The van der Waals surface area contributed by atoms with Crippen molar-refractivity contribution in [3.63, 3.8) is 0 Å². The second-order valence-electron chi connectivity index (χ2n) is 5.19. The van der Waals surface area contributed by atoms with E-state index in [2.05, 4.69) is 9.97 Å². The molecule has 1 aromatic carbocycles. The third kappa shape index (κ3) is 2.32. The average Bonchev–Trinajstić information content (AvgIpc) is 2.53. The van der Waals surface area contributed by atoms with E-state index in [1.165, 1.54) is 12.4 Å². The van der Waals surface area contributed by atoms with Crippen molar-refractivity contribution in [1.29, 1.82) is 0 Å². The van der Waals surface area contributed by atoms with Crippen molar-refractivity contribution in [3.8, 4) is 0 Å². The average molecular weight is 297 g/mol. The zero-order chi connectivity index (χ0) is 15.7. The molecule has 0 radical (unpaired) electrons. The molecule has 0 spiro atoms. The second-order valence-corrected chi connectivity index (χ2v) is 5.19. The number of fused-ring (bicyclic) bond motifs is 1. The predicted molar refractivity (Wildman–Crippen MR) is 79.9 cm³/mol. The van der Waals surface area contributed by atoms with Gasteiger partial charge in [0, 0.05) is 24.6 Å². The van der Waals surface area contributed by atoms with Crippen LogP contribution in [0.25, 0.3) is 0 Å². The van der Waals surface area contributed by atoms with Gasteiger partial charge in [0.15, 0.2) is 0 Å². The summed E-state index contributed by atoms with van der Waals surface area (Å²) in [6.07, 6.45) is 3.41. The molecule has 1 unspecified atom stereocenters. The largest absolute Gasteiger partial charge is 0.481 e. The molecule has 22 heavy (non-hydrogen) atoms. The Hall–Kier alpha value is -2.76. The van der Waals surface area contributed by atoms with Crippen LogP contribution in [-0.2, 0) is 4.79 Å². The van der Waals surface area contributed by atoms with Crippen molar-refractivity contribution < 1.29 is 14.7 Å². The highest BCUT2D eigenvalue weighted by Crippen LogP contribution is 2.36. The minimum atomic E-state index is -0.866. The Morgan fingerprint density at radius 2 is 1.95 bits per heavy atom. The topological polar surface area (TPSA) is 83.4 Å². The highest BCUT2D eigenvalue weighted by Gasteiger charge is 2.33. The van der Waals surface area contributed by atoms with Gasteiger partial charge in [-0.3, -0.25) is 14.6 Å². The summed E-state index contributed by atoms with van der Waals surface area (Å²) in [5.41, 5.74) is 2.16. The highest BCUT2D eigenvalue weighted by molar-refractivity contribution is 6.06. The van der Waals surface area contributed by atoms with E-state index >= 15 is 0 Å². The summed E-state index contributed by atoms with van der Waals surface area (Å²) in [5, 5.41) is 9.35. The Bertz CT molecular complexity index is 745. The lowest BCUT2D eigenvalue weighted by molar-refractivity contribution is -0.139. The molecule has 6 nitrogen and oxygen atoms in total. The van der Waals surface area contributed by atoms with Gasteiger partial charge in [-0.1, -0.05) is 18.2 Å². The summed E-state index contributed by atoms with van der Waals surface area (Å²) >= 11 is 0. The van der Waals surface area contributed by atoms with Crippen LogP contribution in [0.1, 0.15) is 34.1 Å². The van der Waals surface area contributed by atoms with E-state index in [-0.39, 0.29) is 5.91 Å². The summed E-state index contributed by atoms with van der Waals surface area (Å²) in [6.45, 7) is 2.08. The molecule has 112 valence electrons. The van der Waals surface area contributed by atoms with Gasteiger partial charge in [-0.05, 0) is 25.0 Å². The van der Waals surface area contributed by atoms with Gasteiger partial charge in [-0.2, -0.15) is 0 Å². The molecule has 2 heterocycles. The van der Waals surface area contributed by atoms with Crippen molar-refractivity contribution in [2.75, 3.05) is 11.4 Å². The van der Waals surface area contributed by atoms with Crippen LogP contribution in [0.3, 0.4) is 0 Å². The molecule has 0 saturated heterocycles. The maximum Gasteiger partial charge on any atom is 0.311 e. The Morgan fingerprint density at radius 3 is 2.68 bits per heavy atom. The van der Waals surface area contributed by atoms with Gasteiger partial charge in [0.25, 0.3) is 5.91 Å². The van der Waals surface area contributed by atoms with E-state index in [9.17, 15) is 14.7 Å². The number of aliphatic carboxylic acids is 1. The molecule has 2 aromatic rings. The summed E-state index contributed by atoms with van der Waals surface area (Å²) in [5.74, 6) is -1.69. The molecular weight excluding hydrogens is 282 g/mol. The molecule has 1 aromatic heterocycles. The predicted octanol–water partition coefficient (Wildman–Crippen LogP) is 2.00. The van der Waals surface area contributed by atoms with E-state index in [0.717, 1.165) is 0 Å². The van der Waals surface area contributed by atoms with Gasteiger partial charge in [0.2, 0.25) is 0 Å². The Kier molecular flexibility index (Phi) is 3.58. The van der Waals surface area contributed by atoms with Gasteiger partial charge in [-0.25, -0.2) is 4.98 Å². The van der Waals surface area contributed by atoms with Crippen LogP contribution >= 0.6 is 0 Å². The number of hydrogen-bond donors (Lipinski definition) is 1. The molecule has 1 N–H and O–H groups in total. The normalized spacial score (nSPS) is 17.0. The molecule has 1 atom stereocenters. The van der Waals surface area contributed by atoms with E-state index in [1.807, 2.05) is 0 Å². The van der Waals surface area contributed by atoms with Gasteiger partial charge < -0.3 is 10.0 Å². The molecule has 1 amide bonds. The number of carboxylic acid groups (broad SMARTS) is 1. The minimum absolute atomic E-state index is 0.248. The Morgan fingerprint density at radius 1 is 1.23 bits per heavy atom. The van der Waals surface area contributed by atoms with Crippen LogP contribution in [0.4, 0.5) is 5.69 Å². The van der Waals surface area contributed by atoms with Crippen LogP contribution < -0.4 is 4.90 Å². The van der Waals surface area contributed by atoms with Crippen molar-refractivity contribution in [2.24, 2.45) is 0 Å². The quantitative estimate of drug-likeness (QED) is 0.916. The maximum absolute atomic E-state index is 12.7. The first-order valence-electron chi connectivity index (χ1n) is 7.01. The number of carbonyl (C=O) groups is 2. The fourth-order valence-corrected chi connectivity index (χ4v) is 2.77. The molecule has 1 aliphatic heterocycles. The van der Waals surface area contributed by atoms with Crippen molar-refractivity contribution in [1.82, 2.24) is 9.97 Å². The first-order chi connectivity index (χ1) is 10.6. The first-order valence-corrected chi connectivity index (χ1v) is 7.01. The molecule has 0 bridgehead atoms. The highest BCUT2D eigenvalue weighted by atomic mass is 16.4. The van der Waals surface area contributed by atoms with Crippen molar-refractivity contribution >= 4 is 17.6 Å². The van der Waals surface area contributed by atoms with Crippen molar-refractivity contribution in [3.05, 3.63) is 53.6 Å². The van der Waals surface area contributed by atoms with E-state index < -0.39 is 11.9 Å². The standard InChI is InChI=1S/C16H15N3O3/c1-10-14(18-8-7-17-10)15(20)19-9-6-12(16(21)22)11-4-2-3-5-13(11)19/h2-5,7-8,12H,6,9H2,1H3,(H,21,22). The van der Waals surface area contributed by atoms with Gasteiger partial charge >= 0.3 is 5.97 Å². The molecule has 6 heteroatoms. The molecule has 1 aliphatic rings. The fourth-order valence-electron chi connectivity index (χ4n) is 2.77. The number of carbonyl (C=O) groups excluding carboxylic acids is 1. The molecule has 3 rings (SSSR count). The van der Waals surface area contributed by atoms with Crippen LogP contribution in [0.5, 0.6) is 0 Å². The molecule has 0 aliphatic carbocycles. The van der Waals surface area contributed by atoms with Gasteiger partial charge in [0.05, 0.1) is 11.6 Å². The van der Waals surface area contributed by atoms with Crippen LogP contribution in [0.15, 0.2) is 36.7 Å². The van der Waals surface area contributed by atoms with Crippen molar-refractivity contribution in [2.45, 2.75) is 19.3 Å². The number of hydrogen-bond acceptors (Lipinski definition) is 4. The monoisotopic (exact) mass is 297 g/mol. The third-order valence-electron chi connectivity index (χ3n) is 3.87. The fraction of sp³-hybridized carbons (Fsp3) is 0.250. The molecule has 0 saturated carbocycles. The number of para-hydroxylation sites is 1. The number of aromatic nitrogens is 2. The Labute approximate surface area is 127 Å². The summed E-state index contributed by atoms with van der Waals surface area (Å²) in [7, 11) is 0. The Balaban J connectivity index is 2.03. The lowest BCUT2D eigenvalue weighted by Gasteiger charge is -2.32. The number of anilines is 1. The summed E-state index contributed by atoms with van der Waals surface area (Å²) in [6, 6.07) is 7.12. The lowest BCUT2D eigenvalue weighted by atomic mass is 9.90. The minimum Gasteiger partial charge on any atom is -0.481 e. The second kappa shape index (κ2) is 5.55. The van der Waals surface area contributed by atoms with E-state index in [0.29, 0.717) is 35.6 Å². The van der Waals surface area contributed by atoms with Gasteiger partial charge in [0.1, 0.15) is 5.69 Å². The number of carboxylic acids is 1. The third-order valence-corrected chi connectivity index (χ3v) is 3.87. The van der Waals surface area contributed by atoms with E-state index in [4.69, 9.17) is 0 Å². The first kappa shape index (κ1) is 14.2. The summed E-state index contributed by atoms with van der Waals surface area (Å²) < 4.78 is 0. The lowest BCUT2D eigenvalue weighted by Crippen LogP contribution is -2.39. The summed E-state index contributed by atoms with van der Waals surface area (Å²) in [4.78, 5) is 33.9. The van der Waals surface area contributed by atoms with Crippen LogP contribution in [-0.4, -0.2) is 33.5 Å². The zero-order valence-electron chi connectivity index (χ0n) is 12.1. The molecule has 0 fully saturated rings. The smallest absolute Gasteiger partial charge is 0.311 e. The number of amides is 1. The number of rotatable bonds is 2. The van der Waals surface area contributed by atoms with Crippen LogP contribution in [0, 0.1) is 6.92 Å². The van der Waals surface area contributed by atoms with E-state index in [1.54, 1.807) is 36.1 Å². The van der Waals surface area contributed by atoms with Gasteiger partial charge in [-0.15, -0.1) is 0 Å². The number of aryl methyl sites for hydroxylation is 1. The number of nitrogens with zero attached hydrogens (tertiary/aromatic N) is 3. The molecular formula is C16H15N3O3. The number of benzene rings is 1.